The summed E-state index contributed by atoms with van der Waals surface area (Å²) >= 11 is 6.27. The van der Waals surface area contributed by atoms with E-state index in [1.807, 2.05) is 31.2 Å². The predicted molar refractivity (Wildman–Crippen MR) is 123 cm³/mol. The van der Waals surface area contributed by atoms with Gasteiger partial charge in [0, 0.05) is 5.56 Å². The Morgan fingerprint density at radius 2 is 1.85 bits per heavy atom. The number of nitrogens with one attached hydrogen (secondary N) is 1. The SMILES string of the molecule is Cc1ccc(-n2ncc3c(=O)n(NC(=O)c4c(-c5ccccc5Cl)noc4C)cnc32)cc1. The number of aromatic nitrogens is 5. The highest BCUT2D eigenvalue weighted by atomic mass is 35.5. The van der Waals surface area contributed by atoms with Crippen LogP contribution in [0.5, 0.6) is 0 Å². The summed E-state index contributed by atoms with van der Waals surface area (Å²) in [6.07, 6.45) is 2.67. The average molecular weight is 461 g/mol. The van der Waals surface area contributed by atoms with Crippen LogP contribution < -0.4 is 11.0 Å². The minimum atomic E-state index is -0.585. The smallest absolute Gasteiger partial charge is 0.283 e. The van der Waals surface area contributed by atoms with Crippen molar-refractivity contribution in [3.63, 3.8) is 0 Å². The van der Waals surface area contributed by atoms with Crippen LogP contribution in [0.25, 0.3) is 28.0 Å². The molecule has 9 nitrogen and oxygen atoms in total. The van der Waals surface area contributed by atoms with Gasteiger partial charge >= 0.3 is 0 Å². The molecular formula is C23H17ClN6O3. The number of halogens is 1. The van der Waals surface area contributed by atoms with Crippen LogP contribution >= 0.6 is 11.6 Å². The molecule has 1 N–H and O–H groups in total. The van der Waals surface area contributed by atoms with Crippen LogP contribution in [0, 0.1) is 13.8 Å². The molecule has 2 aromatic carbocycles. The molecule has 164 valence electrons. The van der Waals surface area contributed by atoms with Crippen LogP contribution in [0.1, 0.15) is 21.7 Å². The third kappa shape index (κ3) is 3.58. The van der Waals surface area contributed by atoms with Gasteiger partial charge in [-0.05, 0) is 32.0 Å². The van der Waals surface area contributed by atoms with Gasteiger partial charge in [0.15, 0.2) is 5.65 Å². The number of rotatable bonds is 4. The van der Waals surface area contributed by atoms with E-state index in [0.717, 1.165) is 15.9 Å². The fraction of sp³-hybridized carbons (Fsp3) is 0.0870. The summed E-state index contributed by atoms with van der Waals surface area (Å²) < 4.78 is 7.82. The maximum atomic E-state index is 13.1. The van der Waals surface area contributed by atoms with Crippen LogP contribution in [0.3, 0.4) is 0 Å². The van der Waals surface area contributed by atoms with Gasteiger partial charge in [-0.25, -0.2) is 14.3 Å². The third-order valence-corrected chi connectivity index (χ3v) is 5.54. The first-order chi connectivity index (χ1) is 15.9. The zero-order valence-corrected chi connectivity index (χ0v) is 18.4. The number of aryl methyl sites for hydroxylation is 2. The Kier molecular flexibility index (Phi) is 5.02. The van der Waals surface area contributed by atoms with Crippen LogP contribution in [0.15, 0.2) is 70.4 Å². The fourth-order valence-electron chi connectivity index (χ4n) is 3.51. The van der Waals surface area contributed by atoms with Crippen molar-refractivity contribution in [2.24, 2.45) is 0 Å². The van der Waals surface area contributed by atoms with E-state index in [-0.39, 0.29) is 22.4 Å². The normalized spacial score (nSPS) is 11.1. The van der Waals surface area contributed by atoms with Gasteiger partial charge in [-0.1, -0.05) is 52.7 Å². The molecule has 0 saturated carbocycles. The van der Waals surface area contributed by atoms with Crippen LogP contribution in [-0.2, 0) is 0 Å². The van der Waals surface area contributed by atoms with Crippen molar-refractivity contribution in [2.45, 2.75) is 13.8 Å². The highest BCUT2D eigenvalue weighted by Crippen LogP contribution is 2.31. The molecular weight excluding hydrogens is 444 g/mol. The first-order valence-corrected chi connectivity index (χ1v) is 10.4. The number of hydrogen-bond acceptors (Lipinski definition) is 6. The lowest BCUT2D eigenvalue weighted by atomic mass is 10.1. The van der Waals surface area contributed by atoms with Gasteiger partial charge in [-0.3, -0.25) is 15.0 Å². The molecule has 5 aromatic rings. The second-order valence-electron chi connectivity index (χ2n) is 7.43. The van der Waals surface area contributed by atoms with E-state index in [1.165, 1.54) is 12.5 Å². The predicted octanol–water partition coefficient (Wildman–Crippen LogP) is 3.89. The van der Waals surface area contributed by atoms with Crippen LogP contribution in [0.4, 0.5) is 0 Å². The molecule has 3 aromatic heterocycles. The molecule has 33 heavy (non-hydrogen) atoms. The molecule has 0 radical (unpaired) electrons. The zero-order chi connectivity index (χ0) is 23.1. The molecule has 0 aliphatic heterocycles. The first kappa shape index (κ1) is 20.7. The van der Waals surface area contributed by atoms with Gasteiger partial charge in [-0.15, -0.1) is 0 Å². The molecule has 0 saturated heterocycles. The minimum absolute atomic E-state index is 0.172. The van der Waals surface area contributed by atoms with E-state index in [1.54, 1.807) is 35.9 Å². The average Bonchev–Trinajstić information content (AvgIpc) is 3.41. The maximum Gasteiger partial charge on any atom is 0.283 e. The van der Waals surface area contributed by atoms with E-state index in [0.29, 0.717) is 16.2 Å². The van der Waals surface area contributed by atoms with Gasteiger partial charge in [0.05, 0.1) is 16.9 Å². The molecule has 1 amide bonds. The quantitative estimate of drug-likeness (QED) is 0.436. The molecule has 0 spiro atoms. The molecule has 0 unspecified atom stereocenters. The van der Waals surface area contributed by atoms with E-state index >= 15 is 0 Å². The molecule has 3 heterocycles. The minimum Gasteiger partial charge on any atom is -0.360 e. The van der Waals surface area contributed by atoms with Gasteiger partial charge in [-0.2, -0.15) is 5.10 Å². The largest absolute Gasteiger partial charge is 0.360 e. The van der Waals surface area contributed by atoms with E-state index in [4.69, 9.17) is 16.1 Å². The summed E-state index contributed by atoms with van der Waals surface area (Å²) in [4.78, 5) is 30.4. The Bertz CT molecular complexity index is 1570. The number of amides is 1. The summed E-state index contributed by atoms with van der Waals surface area (Å²) in [6.45, 7) is 3.59. The standard InChI is InChI=1S/C23H17ClN6O3/c1-13-7-9-15(10-8-13)30-21-17(11-26-30)23(32)29(12-25-21)27-22(31)19-14(2)33-28-20(19)16-5-3-4-6-18(16)24/h3-12H,1-2H3,(H,27,31). The van der Waals surface area contributed by atoms with Crippen molar-refractivity contribution < 1.29 is 9.32 Å². The van der Waals surface area contributed by atoms with Crippen LogP contribution in [0.2, 0.25) is 5.02 Å². The molecule has 10 heteroatoms. The lowest BCUT2D eigenvalue weighted by Crippen LogP contribution is -2.33. The van der Waals surface area contributed by atoms with E-state index < -0.39 is 11.5 Å². The highest BCUT2D eigenvalue weighted by molar-refractivity contribution is 6.33. The van der Waals surface area contributed by atoms with Gasteiger partial charge < -0.3 is 4.52 Å². The van der Waals surface area contributed by atoms with Gasteiger partial charge in [0.1, 0.15) is 28.7 Å². The summed E-state index contributed by atoms with van der Waals surface area (Å²) in [5.41, 5.74) is 5.34. The van der Waals surface area contributed by atoms with Crippen molar-refractivity contribution in [2.75, 3.05) is 5.43 Å². The van der Waals surface area contributed by atoms with Crippen molar-refractivity contribution in [3.8, 4) is 16.9 Å². The number of fused-ring (bicyclic) bond motifs is 1. The van der Waals surface area contributed by atoms with Crippen molar-refractivity contribution >= 4 is 28.5 Å². The second-order valence-corrected chi connectivity index (χ2v) is 7.84. The van der Waals surface area contributed by atoms with Crippen molar-refractivity contribution in [1.82, 2.24) is 24.6 Å². The topological polar surface area (TPSA) is 108 Å². The number of carbonyl (C=O) groups excluding carboxylic acids is 1. The van der Waals surface area contributed by atoms with Crippen molar-refractivity contribution in [3.05, 3.63) is 93.3 Å². The van der Waals surface area contributed by atoms with Crippen molar-refractivity contribution in [1.29, 1.82) is 0 Å². The molecule has 5 rings (SSSR count). The van der Waals surface area contributed by atoms with Gasteiger partial charge in [0.25, 0.3) is 11.5 Å². The van der Waals surface area contributed by atoms with E-state index in [2.05, 4.69) is 20.7 Å². The number of benzene rings is 2. The van der Waals surface area contributed by atoms with Crippen LogP contribution in [-0.4, -0.2) is 30.5 Å². The molecule has 0 bridgehead atoms. The Morgan fingerprint density at radius 3 is 2.61 bits per heavy atom. The number of hydrogen-bond donors (Lipinski definition) is 1. The number of nitrogens with zero attached hydrogens (tertiary/aromatic N) is 5. The first-order valence-electron chi connectivity index (χ1n) is 9.99. The highest BCUT2D eigenvalue weighted by Gasteiger charge is 2.24. The lowest BCUT2D eigenvalue weighted by Gasteiger charge is -2.09. The second kappa shape index (κ2) is 8.03. The molecule has 0 atom stereocenters. The Hall–Kier alpha value is -4.24. The zero-order valence-electron chi connectivity index (χ0n) is 17.6. The molecule has 0 aliphatic carbocycles. The monoisotopic (exact) mass is 460 g/mol. The van der Waals surface area contributed by atoms with Gasteiger partial charge in [0.2, 0.25) is 0 Å². The summed E-state index contributed by atoms with van der Waals surface area (Å²) in [5, 5.41) is 8.96. The Balaban J connectivity index is 1.51. The third-order valence-electron chi connectivity index (χ3n) is 5.21. The lowest BCUT2D eigenvalue weighted by molar-refractivity contribution is 0.101. The maximum absolute atomic E-state index is 13.1. The summed E-state index contributed by atoms with van der Waals surface area (Å²) in [6, 6.07) is 14.6. The Labute approximate surface area is 192 Å². The Morgan fingerprint density at radius 1 is 1.09 bits per heavy atom. The number of carbonyl (C=O) groups is 1. The molecule has 0 fully saturated rings. The fourth-order valence-corrected chi connectivity index (χ4v) is 3.73. The molecule has 0 aliphatic rings. The summed E-state index contributed by atoms with van der Waals surface area (Å²) in [7, 11) is 0. The summed E-state index contributed by atoms with van der Waals surface area (Å²) in [5.74, 6) is -0.297. The van der Waals surface area contributed by atoms with E-state index in [9.17, 15) is 9.59 Å².